The third kappa shape index (κ3) is 2.41. The number of rotatable bonds is 3. The molecular weight excluding hydrogens is 232 g/mol. The van der Waals surface area contributed by atoms with Gasteiger partial charge in [0.05, 0.1) is 19.3 Å². The van der Waals surface area contributed by atoms with Gasteiger partial charge in [-0.2, -0.15) is 0 Å². The summed E-state index contributed by atoms with van der Waals surface area (Å²) >= 11 is 0. The van der Waals surface area contributed by atoms with Crippen molar-refractivity contribution >= 4 is 0 Å². The fraction of sp³-hybridized carbons (Fsp3) is 0.833. The van der Waals surface area contributed by atoms with E-state index in [9.17, 15) is 0 Å². The molecule has 100 valence electrons. The molecule has 2 aliphatic heterocycles. The zero-order chi connectivity index (χ0) is 12.4. The highest BCUT2D eigenvalue weighted by atomic mass is 16.5. The van der Waals surface area contributed by atoms with Gasteiger partial charge in [0.25, 0.3) is 0 Å². The largest absolute Gasteiger partial charge is 0.376 e. The number of hydrogen-bond acceptors (Lipinski definition) is 5. The number of hydrogen-bond donors (Lipinski definition) is 1. The Hall–Kier alpha value is -0.980. The molecule has 0 amide bonds. The number of aromatic nitrogens is 3. The van der Waals surface area contributed by atoms with E-state index >= 15 is 0 Å². The van der Waals surface area contributed by atoms with Gasteiger partial charge in [-0.05, 0) is 19.8 Å². The van der Waals surface area contributed by atoms with E-state index in [2.05, 4.69) is 20.1 Å². The zero-order valence-corrected chi connectivity index (χ0v) is 10.8. The van der Waals surface area contributed by atoms with Crippen LogP contribution in [0.15, 0.2) is 0 Å². The van der Waals surface area contributed by atoms with Crippen LogP contribution in [0, 0.1) is 6.92 Å². The minimum atomic E-state index is 0.0151. The van der Waals surface area contributed by atoms with E-state index in [1.165, 1.54) is 0 Å². The maximum absolute atomic E-state index is 5.76. The molecule has 0 aliphatic carbocycles. The number of aryl methyl sites for hydroxylation is 1. The normalized spacial score (nSPS) is 28.7. The van der Waals surface area contributed by atoms with E-state index in [0.29, 0.717) is 6.10 Å². The highest BCUT2D eigenvalue weighted by Gasteiger charge is 2.25. The Morgan fingerprint density at radius 2 is 2.28 bits per heavy atom. The number of morpholine rings is 1. The van der Waals surface area contributed by atoms with E-state index in [4.69, 9.17) is 9.47 Å². The van der Waals surface area contributed by atoms with Crippen molar-refractivity contribution in [1.29, 1.82) is 0 Å². The molecule has 0 spiro atoms. The molecule has 2 atom stereocenters. The molecule has 3 heterocycles. The van der Waals surface area contributed by atoms with Gasteiger partial charge in [0.2, 0.25) is 0 Å². The standard InChI is InChI=1S/C12H20N4O2/c1-9-14-15-12(11-7-13-4-6-18-11)16(9)8-10-3-2-5-17-10/h10-11,13H,2-8H2,1H3. The molecule has 18 heavy (non-hydrogen) atoms. The molecule has 0 aromatic carbocycles. The van der Waals surface area contributed by atoms with Crippen LogP contribution in [-0.4, -0.2) is 47.2 Å². The highest BCUT2D eigenvalue weighted by molar-refractivity contribution is 5.00. The Balaban J connectivity index is 1.76. The van der Waals surface area contributed by atoms with Crippen molar-refractivity contribution in [2.75, 3.05) is 26.3 Å². The van der Waals surface area contributed by atoms with Gasteiger partial charge in [0.15, 0.2) is 5.82 Å². The monoisotopic (exact) mass is 252 g/mol. The summed E-state index contributed by atoms with van der Waals surface area (Å²) in [5, 5.41) is 11.8. The quantitative estimate of drug-likeness (QED) is 0.845. The Morgan fingerprint density at radius 1 is 1.33 bits per heavy atom. The van der Waals surface area contributed by atoms with Crippen molar-refractivity contribution in [1.82, 2.24) is 20.1 Å². The molecule has 0 radical (unpaired) electrons. The summed E-state index contributed by atoms with van der Waals surface area (Å²) in [6.45, 7) is 6.16. The summed E-state index contributed by atoms with van der Waals surface area (Å²) in [5.41, 5.74) is 0. The van der Waals surface area contributed by atoms with Crippen LogP contribution in [0.3, 0.4) is 0 Å². The van der Waals surface area contributed by atoms with Gasteiger partial charge in [0.1, 0.15) is 11.9 Å². The minimum absolute atomic E-state index is 0.0151. The van der Waals surface area contributed by atoms with Gasteiger partial charge in [-0.15, -0.1) is 10.2 Å². The molecule has 6 heteroatoms. The van der Waals surface area contributed by atoms with Crippen molar-refractivity contribution in [2.45, 2.75) is 38.5 Å². The second kappa shape index (κ2) is 5.34. The molecule has 0 bridgehead atoms. The van der Waals surface area contributed by atoms with Crippen LogP contribution >= 0.6 is 0 Å². The van der Waals surface area contributed by atoms with Crippen molar-refractivity contribution in [3.05, 3.63) is 11.6 Å². The highest BCUT2D eigenvalue weighted by Crippen LogP contribution is 2.21. The predicted octanol–water partition coefficient (Wildman–Crippen LogP) is 0.426. The lowest BCUT2D eigenvalue weighted by atomic mass is 10.2. The Labute approximate surface area is 107 Å². The first kappa shape index (κ1) is 12.1. The van der Waals surface area contributed by atoms with E-state index < -0.39 is 0 Å². The average Bonchev–Trinajstić information content (AvgIpc) is 3.03. The minimum Gasteiger partial charge on any atom is -0.376 e. The maximum atomic E-state index is 5.76. The molecule has 3 rings (SSSR count). The van der Waals surface area contributed by atoms with Crippen LogP contribution < -0.4 is 5.32 Å². The van der Waals surface area contributed by atoms with Crippen LogP contribution in [0.1, 0.15) is 30.6 Å². The third-order valence-electron chi connectivity index (χ3n) is 3.59. The summed E-state index contributed by atoms with van der Waals surface area (Å²) < 4.78 is 13.6. The van der Waals surface area contributed by atoms with Gasteiger partial charge < -0.3 is 19.4 Å². The fourth-order valence-electron chi connectivity index (χ4n) is 2.58. The fourth-order valence-corrected chi connectivity index (χ4v) is 2.58. The molecule has 2 unspecified atom stereocenters. The first-order valence-electron chi connectivity index (χ1n) is 6.68. The SMILES string of the molecule is Cc1nnc(C2CNCCO2)n1CC1CCCO1. The number of nitrogens with zero attached hydrogens (tertiary/aromatic N) is 3. The summed E-state index contributed by atoms with van der Waals surface area (Å²) in [6.07, 6.45) is 2.60. The van der Waals surface area contributed by atoms with E-state index in [0.717, 1.165) is 57.3 Å². The summed E-state index contributed by atoms with van der Waals surface area (Å²) in [7, 11) is 0. The lowest BCUT2D eigenvalue weighted by Gasteiger charge is -2.24. The summed E-state index contributed by atoms with van der Waals surface area (Å²) in [6, 6.07) is 0. The second-order valence-electron chi connectivity index (χ2n) is 4.91. The van der Waals surface area contributed by atoms with Crippen LogP contribution in [0.4, 0.5) is 0 Å². The second-order valence-corrected chi connectivity index (χ2v) is 4.91. The van der Waals surface area contributed by atoms with Gasteiger partial charge >= 0.3 is 0 Å². The first-order chi connectivity index (χ1) is 8.84. The van der Waals surface area contributed by atoms with Gasteiger partial charge in [-0.25, -0.2) is 0 Å². The average molecular weight is 252 g/mol. The summed E-state index contributed by atoms with van der Waals surface area (Å²) in [5.74, 6) is 1.87. The molecular formula is C12H20N4O2. The Morgan fingerprint density at radius 3 is 3.00 bits per heavy atom. The smallest absolute Gasteiger partial charge is 0.163 e. The lowest BCUT2D eigenvalue weighted by Crippen LogP contribution is -2.35. The van der Waals surface area contributed by atoms with Crippen molar-refractivity contribution in [2.24, 2.45) is 0 Å². The Bertz CT molecular complexity index is 395. The number of nitrogens with one attached hydrogen (secondary N) is 1. The van der Waals surface area contributed by atoms with Gasteiger partial charge in [-0.3, -0.25) is 0 Å². The van der Waals surface area contributed by atoms with Crippen LogP contribution in [0.25, 0.3) is 0 Å². The van der Waals surface area contributed by atoms with E-state index in [1.807, 2.05) is 6.92 Å². The zero-order valence-electron chi connectivity index (χ0n) is 10.8. The lowest BCUT2D eigenvalue weighted by molar-refractivity contribution is 0.0173. The molecule has 2 aliphatic rings. The third-order valence-corrected chi connectivity index (χ3v) is 3.59. The number of ether oxygens (including phenoxy) is 2. The first-order valence-corrected chi connectivity index (χ1v) is 6.68. The van der Waals surface area contributed by atoms with Crippen LogP contribution in [-0.2, 0) is 16.0 Å². The maximum Gasteiger partial charge on any atom is 0.163 e. The Kier molecular flexibility index (Phi) is 3.58. The molecule has 2 saturated heterocycles. The van der Waals surface area contributed by atoms with Gasteiger partial charge in [0, 0.05) is 19.7 Å². The van der Waals surface area contributed by atoms with E-state index in [1.54, 1.807) is 0 Å². The topological polar surface area (TPSA) is 61.2 Å². The van der Waals surface area contributed by atoms with Crippen LogP contribution in [0.2, 0.25) is 0 Å². The molecule has 1 N–H and O–H groups in total. The molecule has 2 fully saturated rings. The van der Waals surface area contributed by atoms with Crippen molar-refractivity contribution in [3.63, 3.8) is 0 Å². The molecule has 6 nitrogen and oxygen atoms in total. The van der Waals surface area contributed by atoms with Crippen molar-refractivity contribution < 1.29 is 9.47 Å². The van der Waals surface area contributed by atoms with Crippen molar-refractivity contribution in [3.8, 4) is 0 Å². The molecule has 1 aromatic rings. The van der Waals surface area contributed by atoms with Crippen LogP contribution in [0.5, 0.6) is 0 Å². The van der Waals surface area contributed by atoms with Gasteiger partial charge in [-0.1, -0.05) is 0 Å². The molecule has 0 saturated carbocycles. The summed E-state index contributed by atoms with van der Waals surface area (Å²) in [4.78, 5) is 0. The predicted molar refractivity (Wildman–Crippen MR) is 65.3 cm³/mol. The van der Waals surface area contributed by atoms with E-state index in [-0.39, 0.29) is 6.10 Å². The molecule has 1 aromatic heterocycles.